The molecule has 0 radical (unpaired) electrons. The highest BCUT2D eigenvalue weighted by Gasteiger charge is 2.45. The lowest BCUT2D eigenvalue weighted by molar-refractivity contribution is -0.110. The second kappa shape index (κ2) is 6.60. The van der Waals surface area contributed by atoms with Gasteiger partial charge in [-0.15, -0.1) is 5.10 Å². The lowest BCUT2D eigenvalue weighted by atomic mass is 9.79. The molecule has 10 heteroatoms. The number of fused-ring (bicyclic) bond motifs is 2. The third kappa shape index (κ3) is 3.08. The monoisotopic (exact) mass is 425 g/mol. The Hall–Kier alpha value is -3.30. The average molecular weight is 425 g/mol. The molecule has 31 heavy (non-hydrogen) atoms. The van der Waals surface area contributed by atoms with Crippen LogP contribution in [0.2, 0.25) is 0 Å². The van der Waals surface area contributed by atoms with Crippen LogP contribution in [0.25, 0.3) is 5.52 Å². The van der Waals surface area contributed by atoms with E-state index < -0.39 is 5.92 Å². The SMILES string of the molecule is Cc1cccn2nc([C@@H]3c4nc[nH]c4CCN3c3nnc(CC4CC(F)(F)C4)o3)cc12. The van der Waals surface area contributed by atoms with Crippen molar-refractivity contribution < 1.29 is 13.2 Å². The summed E-state index contributed by atoms with van der Waals surface area (Å²) < 4.78 is 34.1. The summed E-state index contributed by atoms with van der Waals surface area (Å²) in [4.78, 5) is 9.78. The lowest BCUT2D eigenvalue weighted by Gasteiger charge is -2.34. The van der Waals surface area contributed by atoms with Crippen LogP contribution in [-0.4, -0.2) is 42.2 Å². The first kappa shape index (κ1) is 18.5. The highest BCUT2D eigenvalue weighted by Crippen LogP contribution is 2.44. The lowest BCUT2D eigenvalue weighted by Crippen LogP contribution is -2.37. The first-order valence-electron chi connectivity index (χ1n) is 10.4. The van der Waals surface area contributed by atoms with Crippen molar-refractivity contribution in [3.8, 4) is 0 Å². The summed E-state index contributed by atoms with van der Waals surface area (Å²) in [5, 5.41) is 13.2. The number of aryl methyl sites for hydroxylation is 1. The smallest absolute Gasteiger partial charge is 0.319 e. The van der Waals surface area contributed by atoms with E-state index in [1.807, 2.05) is 34.7 Å². The van der Waals surface area contributed by atoms with Crippen LogP contribution in [0.3, 0.4) is 0 Å². The van der Waals surface area contributed by atoms with Crippen molar-refractivity contribution in [1.29, 1.82) is 0 Å². The van der Waals surface area contributed by atoms with Crippen molar-refractivity contribution in [2.45, 2.75) is 44.6 Å². The Balaban J connectivity index is 1.35. The molecule has 0 aromatic carbocycles. The molecule has 1 N–H and O–H groups in total. The highest BCUT2D eigenvalue weighted by atomic mass is 19.3. The maximum Gasteiger partial charge on any atom is 0.319 e. The van der Waals surface area contributed by atoms with Crippen molar-refractivity contribution in [3.63, 3.8) is 0 Å². The van der Waals surface area contributed by atoms with Crippen molar-refractivity contribution in [1.82, 2.24) is 29.8 Å². The quantitative estimate of drug-likeness (QED) is 0.539. The molecule has 8 nitrogen and oxygen atoms in total. The van der Waals surface area contributed by atoms with Gasteiger partial charge in [0, 0.05) is 44.1 Å². The third-order valence-corrected chi connectivity index (χ3v) is 6.28. The number of anilines is 1. The molecule has 4 aromatic rings. The van der Waals surface area contributed by atoms with Gasteiger partial charge in [0.05, 0.1) is 23.2 Å². The van der Waals surface area contributed by atoms with E-state index in [0.29, 0.717) is 24.9 Å². The first-order chi connectivity index (χ1) is 15.0. The average Bonchev–Trinajstić information content (AvgIpc) is 3.45. The maximum absolute atomic E-state index is 13.2. The van der Waals surface area contributed by atoms with E-state index in [1.165, 1.54) is 0 Å². The number of hydrogen-bond donors (Lipinski definition) is 1. The van der Waals surface area contributed by atoms with Gasteiger partial charge in [-0.2, -0.15) is 5.10 Å². The molecular formula is C21H21F2N7O. The largest absolute Gasteiger partial charge is 0.408 e. The van der Waals surface area contributed by atoms with E-state index in [4.69, 9.17) is 9.52 Å². The fourth-order valence-corrected chi connectivity index (χ4v) is 4.71. The molecule has 0 bridgehead atoms. The number of nitrogens with one attached hydrogen (secondary N) is 1. The molecule has 4 aromatic heterocycles. The summed E-state index contributed by atoms with van der Waals surface area (Å²) in [6.45, 7) is 2.70. The minimum atomic E-state index is -2.55. The zero-order valence-electron chi connectivity index (χ0n) is 16.9. The van der Waals surface area contributed by atoms with Gasteiger partial charge in [-0.1, -0.05) is 11.2 Å². The summed E-state index contributed by atoms with van der Waals surface area (Å²) >= 11 is 0. The topological polar surface area (TPSA) is 88.1 Å². The number of aromatic amines is 1. The molecule has 2 aliphatic rings. The first-order valence-corrected chi connectivity index (χ1v) is 10.4. The molecule has 0 unspecified atom stereocenters. The van der Waals surface area contributed by atoms with Gasteiger partial charge in [0.15, 0.2) is 0 Å². The second-order valence-electron chi connectivity index (χ2n) is 8.52. The molecule has 1 aliphatic carbocycles. The zero-order valence-corrected chi connectivity index (χ0v) is 16.9. The van der Waals surface area contributed by atoms with Gasteiger partial charge in [-0.05, 0) is 30.5 Å². The van der Waals surface area contributed by atoms with Gasteiger partial charge >= 0.3 is 6.01 Å². The van der Waals surface area contributed by atoms with E-state index in [1.54, 1.807) is 6.33 Å². The van der Waals surface area contributed by atoms with Crippen LogP contribution in [0.4, 0.5) is 14.8 Å². The fourth-order valence-electron chi connectivity index (χ4n) is 4.71. The Morgan fingerprint density at radius 3 is 2.97 bits per heavy atom. The number of pyridine rings is 1. The fraction of sp³-hybridized carbons (Fsp3) is 0.429. The molecule has 0 spiro atoms. The van der Waals surface area contributed by atoms with Gasteiger partial charge in [0.25, 0.3) is 0 Å². The van der Waals surface area contributed by atoms with E-state index in [-0.39, 0.29) is 24.8 Å². The van der Waals surface area contributed by atoms with E-state index >= 15 is 0 Å². The molecule has 0 saturated heterocycles. The van der Waals surface area contributed by atoms with Crippen LogP contribution in [0, 0.1) is 12.8 Å². The van der Waals surface area contributed by atoms with Crippen LogP contribution in [0.5, 0.6) is 0 Å². The number of nitrogens with zero attached hydrogens (tertiary/aromatic N) is 6. The molecule has 0 amide bonds. The van der Waals surface area contributed by atoms with Crippen molar-refractivity contribution in [3.05, 3.63) is 59.3 Å². The van der Waals surface area contributed by atoms with Gasteiger partial charge in [-0.3, -0.25) is 0 Å². The molecule has 5 heterocycles. The Kier molecular flexibility index (Phi) is 3.93. The maximum atomic E-state index is 13.2. The van der Waals surface area contributed by atoms with Crippen LogP contribution in [0.15, 0.2) is 35.1 Å². The van der Waals surface area contributed by atoms with Crippen molar-refractivity contribution in [2.24, 2.45) is 5.92 Å². The van der Waals surface area contributed by atoms with Gasteiger partial charge in [0.1, 0.15) is 6.04 Å². The number of alkyl halides is 2. The predicted molar refractivity (Wildman–Crippen MR) is 107 cm³/mol. The van der Waals surface area contributed by atoms with E-state index in [0.717, 1.165) is 34.6 Å². The molecule has 1 atom stereocenters. The van der Waals surface area contributed by atoms with Crippen LogP contribution in [-0.2, 0) is 12.8 Å². The van der Waals surface area contributed by atoms with Crippen LogP contribution >= 0.6 is 0 Å². The van der Waals surface area contributed by atoms with Gasteiger partial charge < -0.3 is 14.3 Å². The van der Waals surface area contributed by atoms with Gasteiger partial charge in [-0.25, -0.2) is 18.3 Å². The molecule has 1 aliphatic heterocycles. The Morgan fingerprint density at radius 2 is 2.16 bits per heavy atom. The number of hydrogen-bond acceptors (Lipinski definition) is 6. The predicted octanol–water partition coefficient (Wildman–Crippen LogP) is 3.49. The van der Waals surface area contributed by atoms with Crippen molar-refractivity contribution >= 4 is 11.5 Å². The minimum absolute atomic E-state index is 0.111. The molecule has 1 fully saturated rings. The van der Waals surface area contributed by atoms with Crippen LogP contribution in [0.1, 0.15) is 47.4 Å². The molecule has 1 saturated carbocycles. The third-order valence-electron chi connectivity index (χ3n) is 6.28. The van der Waals surface area contributed by atoms with Crippen molar-refractivity contribution in [2.75, 3.05) is 11.4 Å². The highest BCUT2D eigenvalue weighted by molar-refractivity contribution is 5.56. The number of imidazole rings is 1. The summed E-state index contributed by atoms with van der Waals surface area (Å²) in [5.41, 5.74) is 4.93. The van der Waals surface area contributed by atoms with E-state index in [2.05, 4.69) is 26.2 Å². The zero-order chi connectivity index (χ0) is 21.2. The standard InChI is InChI=1S/C21H21F2N7O/c1-12-3-2-5-30-16(12)8-15(28-30)19-18-14(24-11-25-18)4-6-29(19)20-27-26-17(31-20)7-13-9-21(22,23)10-13/h2-3,5,8,11,13,19H,4,6-7,9-10H2,1H3,(H,24,25)/t19-/m1/s1. The summed E-state index contributed by atoms with van der Waals surface area (Å²) in [7, 11) is 0. The summed E-state index contributed by atoms with van der Waals surface area (Å²) in [6, 6.07) is 6.16. The number of H-pyrrole nitrogens is 1. The number of aromatic nitrogens is 6. The number of rotatable bonds is 4. The Bertz CT molecular complexity index is 1250. The summed E-state index contributed by atoms with van der Waals surface area (Å²) in [5.74, 6) is -2.27. The summed E-state index contributed by atoms with van der Waals surface area (Å²) in [6.07, 6.45) is 4.51. The molecule has 6 rings (SSSR count). The normalized spacial score (nSPS) is 20.7. The van der Waals surface area contributed by atoms with E-state index in [9.17, 15) is 8.78 Å². The minimum Gasteiger partial charge on any atom is -0.408 e. The Morgan fingerprint density at radius 1 is 1.29 bits per heavy atom. The Labute approximate surface area is 176 Å². The number of halogens is 2. The second-order valence-corrected chi connectivity index (χ2v) is 8.52. The molecule has 160 valence electrons. The van der Waals surface area contributed by atoms with Gasteiger partial charge in [0.2, 0.25) is 11.8 Å². The molecular weight excluding hydrogens is 404 g/mol. The van der Waals surface area contributed by atoms with Crippen LogP contribution < -0.4 is 4.90 Å².